The molecule has 0 aliphatic carbocycles. The molecule has 3 rings (SSSR count). The molecular formula is C18H26N6O2. The lowest BCUT2D eigenvalue weighted by molar-refractivity contribution is 0.397. The third-order valence-electron chi connectivity index (χ3n) is 4.33. The van der Waals surface area contributed by atoms with E-state index in [1.807, 2.05) is 18.5 Å². The number of guanidine groups is 1. The Bertz CT molecular complexity index is 786. The van der Waals surface area contributed by atoms with Gasteiger partial charge in [-0.05, 0) is 44.9 Å². The number of phenolic OH excluding ortho intramolecular Hbond substituents is 1. The predicted octanol–water partition coefficient (Wildman–Crippen LogP) is 1.89. The van der Waals surface area contributed by atoms with Crippen molar-refractivity contribution >= 4 is 5.96 Å². The first-order valence-corrected chi connectivity index (χ1v) is 8.92. The zero-order valence-corrected chi connectivity index (χ0v) is 15.5. The lowest BCUT2D eigenvalue weighted by Gasteiger charge is -2.25. The van der Waals surface area contributed by atoms with Gasteiger partial charge in [-0.2, -0.15) is 5.10 Å². The molecule has 0 spiro atoms. The Hall–Kier alpha value is -2.77. The number of fused-ring (bicyclic) bond motifs is 1. The maximum Gasteiger partial charge on any atom is 0.192 e. The maximum absolute atomic E-state index is 10.0. The molecule has 1 aromatic carbocycles. The van der Waals surface area contributed by atoms with E-state index in [1.54, 1.807) is 25.3 Å². The van der Waals surface area contributed by atoms with Crippen LogP contribution >= 0.6 is 0 Å². The summed E-state index contributed by atoms with van der Waals surface area (Å²) in [6, 6.07) is 5.21. The molecule has 0 amide bonds. The summed E-state index contributed by atoms with van der Waals surface area (Å²) in [5, 5.41) is 21.2. The summed E-state index contributed by atoms with van der Waals surface area (Å²) < 4.78 is 7.18. The van der Waals surface area contributed by atoms with Gasteiger partial charge in [-0.15, -0.1) is 0 Å². The van der Waals surface area contributed by atoms with Gasteiger partial charge in [0.25, 0.3) is 0 Å². The van der Waals surface area contributed by atoms with E-state index in [2.05, 4.69) is 25.7 Å². The number of aromatic nitrogens is 3. The van der Waals surface area contributed by atoms with Crippen molar-refractivity contribution in [3.05, 3.63) is 35.4 Å². The topological polar surface area (TPSA) is 96.6 Å². The second-order valence-electron chi connectivity index (χ2n) is 6.27. The third kappa shape index (κ3) is 4.07. The van der Waals surface area contributed by atoms with Crippen molar-refractivity contribution in [1.29, 1.82) is 0 Å². The Labute approximate surface area is 153 Å². The van der Waals surface area contributed by atoms with Crippen LogP contribution in [0.25, 0.3) is 0 Å². The van der Waals surface area contributed by atoms with Crippen molar-refractivity contribution in [2.75, 3.05) is 13.7 Å². The van der Waals surface area contributed by atoms with Crippen LogP contribution in [0.1, 0.15) is 43.0 Å². The first-order valence-electron chi connectivity index (χ1n) is 8.92. The Morgan fingerprint density at radius 2 is 2.31 bits per heavy atom. The number of aryl methyl sites for hydroxylation is 2. The fourth-order valence-electron chi connectivity index (χ4n) is 3.07. The first-order chi connectivity index (χ1) is 12.6. The van der Waals surface area contributed by atoms with Crippen molar-refractivity contribution in [2.24, 2.45) is 4.99 Å². The standard InChI is InChI=1S/C18H26N6O2/c1-4-19-18(20-11-13-10-14(26-3)7-8-16(13)25)22-15-6-5-9-24-17(15)21-12(2)23-24/h7-8,10,15,25H,4-6,9,11H2,1-3H3,(H2,19,20,22). The number of benzene rings is 1. The number of ether oxygens (including phenoxy) is 1. The molecule has 3 N–H and O–H groups in total. The van der Waals surface area contributed by atoms with Gasteiger partial charge in [0.2, 0.25) is 0 Å². The Balaban J connectivity index is 1.76. The minimum absolute atomic E-state index is 0.0710. The Morgan fingerprint density at radius 3 is 3.08 bits per heavy atom. The smallest absolute Gasteiger partial charge is 0.192 e. The van der Waals surface area contributed by atoms with E-state index >= 15 is 0 Å². The lowest BCUT2D eigenvalue weighted by atomic mass is 10.1. The zero-order chi connectivity index (χ0) is 18.5. The van der Waals surface area contributed by atoms with Crippen molar-refractivity contribution < 1.29 is 9.84 Å². The van der Waals surface area contributed by atoms with E-state index in [0.717, 1.165) is 37.6 Å². The Kier molecular flexibility index (Phi) is 5.60. The number of aliphatic imine (C=N–C) groups is 1. The number of nitrogens with one attached hydrogen (secondary N) is 2. The quantitative estimate of drug-likeness (QED) is 0.558. The molecular weight excluding hydrogens is 332 g/mol. The molecule has 0 fully saturated rings. The highest BCUT2D eigenvalue weighted by Gasteiger charge is 2.24. The SMILES string of the molecule is CCNC(=NCc1cc(OC)ccc1O)NC1CCCn2nc(C)nc21. The van der Waals surface area contributed by atoms with Gasteiger partial charge in [0, 0.05) is 18.7 Å². The van der Waals surface area contributed by atoms with Gasteiger partial charge >= 0.3 is 0 Å². The molecule has 1 aliphatic heterocycles. The predicted molar refractivity (Wildman–Crippen MR) is 99.3 cm³/mol. The van der Waals surface area contributed by atoms with E-state index in [-0.39, 0.29) is 11.8 Å². The van der Waals surface area contributed by atoms with Crippen LogP contribution in [0.3, 0.4) is 0 Å². The molecule has 1 atom stereocenters. The van der Waals surface area contributed by atoms with E-state index in [0.29, 0.717) is 23.8 Å². The number of hydrogen-bond acceptors (Lipinski definition) is 5. The number of aromatic hydroxyl groups is 1. The summed E-state index contributed by atoms with van der Waals surface area (Å²) >= 11 is 0. The van der Waals surface area contributed by atoms with Crippen LogP contribution in [0, 0.1) is 6.92 Å². The molecule has 2 aromatic rings. The fraction of sp³-hybridized carbons (Fsp3) is 0.500. The number of hydrogen-bond donors (Lipinski definition) is 3. The maximum atomic E-state index is 10.0. The largest absolute Gasteiger partial charge is 0.508 e. The molecule has 1 aromatic heterocycles. The number of nitrogens with zero attached hydrogens (tertiary/aromatic N) is 4. The van der Waals surface area contributed by atoms with E-state index in [1.165, 1.54) is 0 Å². The van der Waals surface area contributed by atoms with Crippen LogP contribution in [0.5, 0.6) is 11.5 Å². The molecule has 0 bridgehead atoms. The lowest BCUT2D eigenvalue weighted by Crippen LogP contribution is -2.41. The van der Waals surface area contributed by atoms with E-state index in [4.69, 9.17) is 4.74 Å². The monoisotopic (exact) mass is 358 g/mol. The van der Waals surface area contributed by atoms with Crippen molar-refractivity contribution in [3.63, 3.8) is 0 Å². The third-order valence-corrected chi connectivity index (χ3v) is 4.33. The Morgan fingerprint density at radius 1 is 1.46 bits per heavy atom. The second kappa shape index (κ2) is 8.07. The number of rotatable bonds is 5. The minimum atomic E-state index is 0.0710. The van der Waals surface area contributed by atoms with Crippen LogP contribution in [-0.4, -0.2) is 39.5 Å². The van der Waals surface area contributed by atoms with Crippen molar-refractivity contribution in [3.8, 4) is 11.5 Å². The first kappa shape index (κ1) is 18.0. The van der Waals surface area contributed by atoms with E-state index in [9.17, 15) is 5.11 Å². The van der Waals surface area contributed by atoms with Crippen molar-refractivity contribution in [1.82, 2.24) is 25.4 Å². The summed E-state index contributed by atoms with van der Waals surface area (Å²) in [6.07, 6.45) is 2.02. The summed E-state index contributed by atoms with van der Waals surface area (Å²) in [4.78, 5) is 9.17. The molecule has 2 heterocycles. The van der Waals surface area contributed by atoms with Crippen LogP contribution in [0.4, 0.5) is 0 Å². The normalized spacial score (nSPS) is 16.9. The highest BCUT2D eigenvalue weighted by molar-refractivity contribution is 5.80. The van der Waals surface area contributed by atoms with Crippen LogP contribution in [-0.2, 0) is 13.1 Å². The van der Waals surface area contributed by atoms with Gasteiger partial charge in [0.15, 0.2) is 5.96 Å². The average Bonchev–Trinajstić information content (AvgIpc) is 3.02. The molecule has 0 saturated heterocycles. The average molecular weight is 358 g/mol. The highest BCUT2D eigenvalue weighted by atomic mass is 16.5. The summed E-state index contributed by atoms with van der Waals surface area (Å²) in [5.74, 6) is 3.33. The zero-order valence-electron chi connectivity index (χ0n) is 15.5. The molecule has 0 saturated carbocycles. The van der Waals surface area contributed by atoms with Crippen molar-refractivity contribution in [2.45, 2.75) is 45.8 Å². The molecule has 140 valence electrons. The second-order valence-corrected chi connectivity index (χ2v) is 6.27. The number of phenols is 1. The number of methoxy groups -OCH3 is 1. The van der Waals surface area contributed by atoms with E-state index < -0.39 is 0 Å². The van der Waals surface area contributed by atoms with Gasteiger partial charge in [-0.3, -0.25) is 0 Å². The fourth-order valence-corrected chi connectivity index (χ4v) is 3.07. The molecule has 1 unspecified atom stereocenters. The molecule has 8 nitrogen and oxygen atoms in total. The molecule has 8 heteroatoms. The minimum Gasteiger partial charge on any atom is -0.508 e. The molecule has 0 radical (unpaired) electrons. The van der Waals surface area contributed by atoms with Gasteiger partial charge in [-0.1, -0.05) is 0 Å². The van der Waals surface area contributed by atoms with Crippen LogP contribution in [0.2, 0.25) is 0 Å². The van der Waals surface area contributed by atoms with Gasteiger partial charge in [0.1, 0.15) is 23.1 Å². The summed E-state index contributed by atoms with van der Waals surface area (Å²) in [7, 11) is 1.60. The summed E-state index contributed by atoms with van der Waals surface area (Å²) in [6.45, 7) is 5.92. The van der Waals surface area contributed by atoms with Gasteiger partial charge < -0.3 is 20.5 Å². The van der Waals surface area contributed by atoms with Gasteiger partial charge in [-0.25, -0.2) is 14.7 Å². The van der Waals surface area contributed by atoms with Crippen LogP contribution < -0.4 is 15.4 Å². The summed E-state index contributed by atoms with van der Waals surface area (Å²) in [5.41, 5.74) is 0.712. The molecule has 26 heavy (non-hydrogen) atoms. The van der Waals surface area contributed by atoms with Crippen LogP contribution in [0.15, 0.2) is 23.2 Å². The molecule has 1 aliphatic rings. The van der Waals surface area contributed by atoms with Gasteiger partial charge in [0.05, 0.1) is 19.7 Å². The highest BCUT2D eigenvalue weighted by Crippen LogP contribution is 2.24.